The number of hydrogen-bond acceptors (Lipinski definition) is 5. The van der Waals surface area contributed by atoms with E-state index in [1.807, 2.05) is 0 Å². The molecule has 0 rings (SSSR count). The van der Waals surface area contributed by atoms with E-state index in [9.17, 15) is 20.2 Å². The molecule has 0 aliphatic heterocycles. The molecule has 7 nitrogen and oxygen atoms in total. The largest absolute Gasteiger partial charge is 0.472 e. The molecular weight excluding hydrogens is 166 g/mol. The topological polar surface area (TPSA) is 112 Å². The Labute approximate surface area is 68.8 Å². The molecule has 0 fully saturated rings. The first-order valence-electron chi connectivity index (χ1n) is 3.44. The minimum atomic E-state index is -2.24. The van der Waals surface area contributed by atoms with E-state index in [-0.39, 0.29) is 6.42 Å². The zero-order valence-electron chi connectivity index (χ0n) is 6.89. The first kappa shape index (κ1) is 10.8. The number of hydrogen-bond donors (Lipinski definition) is 1. The van der Waals surface area contributed by atoms with Crippen LogP contribution < -0.4 is 5.73 Å². The van der Waals surface area contributed by atoms with Crippen LogP contribution >= 0.6 is 0 Å². The smallest absolute Gasteiger partial charge is 0.316 e. The normalized spacial score (nSPS) is 13.9. The molecular formula is C5H11N3O4. The Morgan fingerprint density at radius 2 is 1.75 bits per heavy atom. The van der Waals surface area contributed by atoms with Gasteiger partial charge in [0.1, 0.15) is 15.9 Å². The van der Waals surface area contributed by atoms with Gasteiger partial charge in [0.15, 0.2) is 0 Å². The lowest BCUT2D eigenvalue weighted by Gasteiger charge is -2.18. The van der Waals surface area contributed by atoms with Crippen LogP contribution in [-0.4, -0.2) is 21.6 Å². The van der Waals surface area contributed by atoms with Crippen LogP contribution in [0, 0.1) is 20.2 Å². The predicted octanol–water partition coefficient (Wildman–Crippen LogP) is -0.00670. The van der Waals surface area contributed by atoms with E-state index in [1.54, 1.807) is 0 Å². The maximum atomic E-state index is 10.4. The molecule has 70 valence electrons. The van der Waals surface area contributed by atoms with E-state index in [2.05, 4.69) is 0 Å². The number of nitro groups is 2. The lowest BCUT2D eigenvalue weighted by molar-refractivity contribution is -0.799. The van der Waals surface area contributed by atoms with Gasteiger partial charge < -0.3 is 5.73 Å². The Bertz CT molecular complexity index is 189. The first-order chi connectivity index (χ1) is 5.39. The van der Waals surface area contributed by atoms with Crippen LogP contribution in [0.5, 0.6) is 0 Å². The molecule has 1 unspecified atom stereocenters. The van der Waals surface area contributed by atoms with Gasteiger partial charge in [0.05, 0.1) is 6.42 Å². The highest BCUT2D eigenvalue weighted by atomic mass is 16.7. The summed E-state index contributed by atoms with van der Waals surface area (Å²) >= 11 is 0. The van der Waals surface area contributed by atoms with Crippen molar-refractivity contribution in [1.29, 1.82) is 0 Å². The second-order valence-electron chi connectivity index (χ2n) is 2.53. The van der Waals surface area contributed by atoms with Gasteiger partial charge in [-0.15, -0.1) is 0 Å². The standard InChI is InChI=1S/C5H11N3O4/c1-3-5(4(2)6,7(9)10)8(11)12/h4H,3,6H2,1-2H3. The summed E-state index contributed by atoms with van der Waals surface area (Å²) in [7, 11) is 0. The van der Waals surface area contributed by atoms with Gasteiger partial charge in [-0.25, -0.2) is 0 Å². The average molecular weight is 177 g/mol. The molecule has 7 heteroatoms. The molecule has 0 amide bonds. The highest BCUT2D eigenvalue weighted by Crippen LogP contribution is 2.18. The monoisotopic (exact) mass is 177 g/mol. The summed E-state index contributed by atoms with van der Waals surface area (Å²) < 4.78 is 0. The number of nitrogens with two attached hydrogens (primary N) is 1. The maximum Gasteiger partial charge on any atom is 0.472 e. The van der Waals surface area contributed by atoms with Crippen LogP contribution in [0.3, 0.4) is 0 Å². The second kappa shape index (κ2) is 3.44. The van der Waals surface area contributed by atoms with Crippen molar-refractivity contribution < 1.29 is 9.85 Å². The molecule has 0 saturated carbocycles. The minimum Gasteiger partial charge on any atom is -0.316 e. The zero-order chi connectivity index (χ0) is 9.94. The van der Waals surface area contributed by atoms with Gasteiger partial charge in [0.25, 0.3) is 0 Å². The van der Waals surface area contributed by atoms with Crippen LogP contribution in [0.1, 0.15) is 20.3 Å². The SMILES string of the molecule is CCC(C(C)N)([N+](=O)[O-])[N+](=O)[O-]. The van der Waals surface area contributed by atoms with E-state index >= 15 is 0 Å². The quantitative estimate of drug-likeness (QED) is 0.368. The number of nitrogens with zero attached hydrogens (tertiary/aromatic N) is 2. The summed E-state index contributed by atoms with van der Waals surface area (Å²) in [5, 5.41) is 20.8. The summed E-state index contributed by atoms with van der Waals surface area (Å²) in [6.07, 6.45) is -0.218. The van der Waals surface area contributed by atoms with Gasteiger partial charge in [0.2, 0.25) is 0 Å². The highest BCUT2D eigenvalue weighted by molar-refractivity contribution is 4.75. The molecule has 0 bridgehead atoms. The number of rotatable bonds is 4. The first-order valence-corrected chi connectivity index (χ1v) is 3.44. The van der Waals surface area contributed by atoms with E-state index in [4.69, 9.17) is 5.73 Å². The Morgan fingerprint density at radius 1 is 1.42 bits per heavy atom. The van der Waals surface area contributed by atoms with Crippen molar-refractivity contribution in [2.24, 2.45) is 5.73 Å². The molecule has 2 N–H and O–H groups in total. The lowest BCUT2D eigenvalue weighted by Crippen LogP contribution is -2.57. The Morgan fingerprint density at radius 3 is 1.75 bits per heavy atom. The summed E-state index contributed by atoms with van der Waals surface area (Å²) in [4.78, 5) is 19.0. The van der Waals surface area contributed by atoms with E-state index < -0.39 is 21.6 Å². The lowest BCUT2D eigenvalue weighted by atomic mass is 10.0. The molecule has 0 aliphatic carbocycles. The van der Waals surface area contributed by atoms with Gasteiger partial charge >= 0.3 is 5.66 Å². The molecule has 0 aliphatic rings. The van der Waals surface area contributed by atoms with Crippen molar-refractivity contribution in [2.75, 3.05) is 0 Å². The summed E-state index contributed by atoms with van der Waals surface area (Å²) in [5.74, 6) is 0. The molecule has 0 spiro atoms. The fourth-order valence-corrected chi connectivity index (χ4v) is 0.979. The molecule has 1 atom stereocenters. The van der Waals surface area contributed by atoms with Crippen LogP contribution in [0.25, 0.3) is 0 Å². The summed E-state index contributed by atoms with van der Waals surface area (Å²) in [6, 6.07) is -1.10. The van der Waals surface area contributed by atoms with Crippen LogP contribution in [0.15, 0.2) is 0 Å². The summed E-state index contributed by atoms with van der Waals surface area (Å²) in [5.41, 5.74) is 2.96. The Balaban J connectivity index is 5.04. The van der Waals surface area contributed by atoms with Crippen molar-refractivity contribution in [3.8, 4) is 0 Å². The van der Waals surface area contributed by atoms with Gasteiger partial charge in [-0.3, -0.25) is 20.2 Å². The molecule has 0 saturated heterocycles. The summed E-state index contributed by atoms with van der Waals surface area (Å²) in [6.45, 7) is 2.63. The van der Waals surface area contributed by atoms with E-state index in [0.29, 0.717) is 0 Å². The van der Waals surface area contributed by atoms with Crippen LogP contribution in [0.4, 0.5) is 0 Å². The van der Waals surface area contributed by atoms with Crippen molar-refractivity contribution in [3.05, 3.63) is 20.2 Å². The van der Waals surface area contributed by atoms with Crippen molar-refractivity contribution in [1.82, 2.24) is 0 Å². The molecule has 12 heavy (non-hydrogen) atoms. The average Bonchev–Trinajstić information content (AvgIpc) is 1.86. The van der Waals surface area contributed by atoms with E-state index in [0.717, 1.165) is 0 Å². The third kappa shape index (κ3) is 1.35. The van der Waals surface area contributed by atoms with E-state index in [1.165, 1.54) is 13.8 Å². The molecule has 0 aromatic rings. The van der Waals surface area contributed by atoms with Crippen molar-refractivity contribution in [3.63, 3.8) is 0 Å². The van der Waals surface area contributed by atoms with Crippen molar-refractivity contribution >= 4 is 0 Å². The van der Waals surface area contributed by atoms with Gasteiger partial charge in [-0.2, -0.15) is 0 Å². The predicted molar refractivity (Wildman–Crippen MR) is 40.7 cm³/mol. The zero-order valence-corrected chi connectivity index (χ0v) is 6.89. The fraction of sp³-hybridized carbons (Fsp3) is 1.00. The Hall–Kier alpha value is -1.24. The third-order valence-electron chi connectivity index (χ3n) is 1.88. The highest BCUT2D eigenvalue weighted by Gasteiger charge is 2.57. The van der Waals surface area contributed by atoms with Gasteiger partial charge in [-0.1, -0.05) is 6.92 Å². The molecule has 0 heterocycles. The fourth-order valence-electron chi connectivity index (χ4n) is 0.979. The maximum absolute atomic E-state index is 10.4. The van der Waals surface area contributed by atoms with Gasteiger partial charge in [0, 0.05) is 0 Å². The second-order valence-corrected chi connectivity index (χ2v) is 2.53. The van der Waals surface area contributed by atoms with Crippen molar-refractivity contribution in [2.45, 2.75) is 32.0 Å². The van der Waals surface area contributed by atoms with Gasteiger partial charge in [-0.05, 0) is 6.92 Å². The molecule has 0 aromatic carbocycles. The third-order valence-corrected chi connectivity index (χ3v) is 1.88. The molecule has 0 aromatic heterocycles. The minimum absolute atomic E-state index is 0.218. The Kier molecular flexibility index (Phi) is 3.08. The van der Waals surface area contributed by atoms with Crippen LogP contribution in [0.2, 0.25) is 0 Å². The van der Waals surface area contributed by atoms with Crippen LogP contribution in [-0.2, 0) is 0 Å². The molecule has 0 radical (unpaired) electrons.